The summed E-state index contributed by atoms with van der Waals surface area (Å²) in [6.45, 7) is 1.21. The average Bonchev–Trinajstić information content (AvgIpc) is 2.65. The zero-order valence-electron chi connectivity index (χ0n) is 15.5. The van der Waals surface area contributed by atoms with Crippen molar-refractivity contribution in [3.05, 3.63) is 33.6 Å². The van der Waals surface area contributed by atoms with E-state index < -0.39 is 11.9 Å². The van der Waals surface area contributed by atoms with Gasteiger partial charge in [0.1, 0.15) is 0 Å². The first-order chi connectivity index (χ1) is 13.5. The van der Waals surface area contributed by atoms with Crippen LogP contribution in [0, 0.1) is 0 Å². The standard InChI is InChI=1S/C17H21ClN4O5S/c1-26-7-5-19-16(25)21-14(23)10-28-17-20-13-9-11(18)3-4-12(13)15(24)22(17)6-8-27-2/h3-4,9H,5-8,10H2,1-2H3,(H2,19,21,23,25). The molecule has 0 aliphatic heterocycles. The van der Waals surface area contributed by atoms with Crippen molar-refractivity contribution in [1.29, 1.82) is 0 Å². The van der Waals surface area contributed by atoms with Gasteiger partial charge in [-0.15, -0.1) is 0 Å². The van der Waals surface area contributed by atoms with Gasteiger partial charge in [-0.05, 0) is 18.2 Å². The molecule has 28 heavy (non-hydrogen) atoms. The van der Waals surface area contributed by atoms with Crippen LogP contribution in [-0.2, 0) is 20.8 Å². The van der Waals surface area contributed by atoms with E-state index in [1.54, 1.807) is 18.2 Å². The third-order valence-corrected chi connectivity index (χ3v) is 4.79. The Labute approximate surface area is 170 Å². The molecule has 1 heterocycles. The Morgan fingerprint density at radius 2 is 2.00 bits per heavy atom. The summed E-state index contributed by atoms with van der Waals surface area (Å²) >= 11 is 7.04. The first kappa shape index (κ1) is 22.2. The minimum Gasteiger partial charge on any atom is -0.383 e. The highest BCUT2D eigenvalue weighted by atomic mass is 35.5. The lowest BCUT2D eigenvalue weighted by molar-refractivity contribution is -0.117. The zero-order chi connectivity index (χ0) is 20.5. The van der Waals surface area contributed by atoms with Gasteiger partial charge >= 0.3 is 6.03 Å². The number of thioether (sulfide) groups is 1. The molecule has 0 unspecified atom stereocenters. The van der Waals surface area contributed by atoms with E-state index >= 15 is 0 Å². The van der Waals surface area contributed by atoms with Gasteiger partial charge in [0.2, 0.25) is 5.91 Å². The largest absolute Gasteiger partial charge is 0.383 e. The lowest BCUT2D eigenvalue weighted by Crippen LogP contribution is -2.41. The molecule has 1 aromatic carbocycles. The molecule has 0 spiro atoms. The predicted molar refractivity (Wildman–Crippen MR) is 107 cm³/mol. The number of methoxy groups -OCH3 is 2. The van der Waals surface area contributed by atoms with Gasteiger partial charge in [0, 0.05) is 25.8 Å². The van der Waals surface area contributed by atoms with Crippen LogP contribution in [0.5, 0.6) is 0 Å². The summed E-state index contributed by atoms with van der Waals surface area (Å²) < 4.78 is 11.3. The number of carbonyl (C=O) groups is 2. The predicted octanol–water partition coefficient (Wildman–Crippen LogP) is 1.26. The summed E-state index contributed by atoms with van der Waals surface area (Å²) in [6, 6.07) is 4.21. The molecule has 0 aliphatic carbocycles. The molecule has 0 atom stereocenters. The molecule has 0 saturated heterocycles. The summed E-state index contributed by atoms with van der Waals surface area (Å²) in [5.74, 6) is -0.609. The van der Waals surface area contributed by atoms with E-state index in [1.165, 1.54) is 18.8 Å². The van der Waals surface area contributed by atoms with Gasteiger partial charge in [0.15, 0.2) is 5.16 Å². The fraction of sp³-hybridized carbons (Fsp3) is 0.412. The zero-order valence-corrected chi connectivity index (χ0v) is 17.1. The molecule has 0 fully saturated rings. The van der Waals surface area contributed by atoms with Gasteiger partial charge in [-0.3, -0.25) is 19.5 Å². The van der Waals surface area contributed by atoms with E-state index in [9.17, 15) is 14.4 Å². The maximum Gasteiger partial charge on any atom is 0.321 e. The lowest BCUT2D eigenvalue weighted by Gasteiger charge is -2.13. The fourth-order valence-electron chi connectivity index (χ4n) is 2.27. The molecular weight excluding hydrogens is 408 g/mol. The minimum atomic E-state index is -0.613. The number of hydrogen-bond donors (Lipinski definition) is 2. The van der Waals surface area contributed by atoms with Crippen molar-refractivity contribution in [2.45, 2.75) is 11.7 Å². The Balaban J connectivity index is 2.14. The number of fused-ring (bicyclic) bond motifs is 1. The van der Waals surface area contributed by atoms with Crippen molar-refractivity contribution in [3.63, 3.8) is 0 Å². The Hall–Kier alpha value is -2.14. The van der Waals surface area contributed by atoms with Crippen molar-refractivity contribution in [1.82, 2.24) is 20.2 Å². The summed E-state index contributed by atoms with van der Waals surface area (Å²) in [6.07, 6.45) is 0. The van der Waals surface area contributed by atoms with Gasteiger partial charge in [-0.2, -0.15) is 0 Å². The number of hydrogen-bond acceptors (Lipinski definition) is 7. The Kier molecular flexibility index (Phi) is 8.71. The normalized spacial score (nSPS) is 10.8. The van der Waals surface area contributed by atoms with Crippen LogP contribution in [-0.4, -0.2) is 61.2 Å². The van der Waals surface area contributed by atoms with Gasteiger partial charge in [0.25, 0.3) is 5.56 Å². The highest BCUT2D eigenvalue weighted by Crippen LogP contribution is 2.20. The second kappa shape index (κ2) is 11.0. The molecule has 2 aromatic rings. The molecule has 1 aromatic heterocycles. The summed E-state index contributed by atoms with van der Waals surface area (Å²) in [5.41, 5.74) is 0.185. The van der Waals surface area contributed by atoms with Crippen LogP contribution >= 0.6 is 23.4 Å². The van der Waals surface area contributed by atoms with Crippen molar-refractivity contribution >= 4 is 46.2 Å². The van der Waals surface area contributed by atoms with Crippen LogP contribution in [0.3, 0.4) is 0 Å². The monoisotopic (exact) mass is 428 g/mol. The molecule has 2 rings (SSSR count). The van der Waals surface area contributed by atoms with Crippen LogP contribution in [0.2, 0.25) is 5.02 Å². The highest BCUT2D eigenvalue weighted by Gasteiger charge is 2.14. The number of rotatable bonds is 9. The number of ether oxygens (including phenoxy) is 2. The first-order valence-corrected chi connectivity index (χ1v) is 9.71. The topological polar surface area (TPSA) is 112 Å². The Bertz CT molecular complexity index is 905. The van der Waals surface area contributed by atoms with Crippen molar-refractivity contribution < 1.29 is 19.1 Å². The number of halogens is 1. The lowest BCUT2D eigenvalue weighted by atomic mass is 10.2. The van der Waals surface area contributed by atoms with Crippen molar-refractivity contribution in [2.75, 3.05) is 39.7 Å². The second-order valence-electron chi connectivity index (χ2n) is 5.59. The molecule has 0 bridgehead atoms. The van der Waals surface area contributed by atoms with Crippen LogP contribution in [0.15, 0.2) is 28.2 Å². The van der Waals surface area contributed by atoms with Crippen LogP contribution < -0.4 is 16.2 Å². The van der Waals surface area contributed by atoms with Crippen molar-refractivity contribution in [3.8, 4) is 0 Å². The molecule has 2 N–H and O–H groups in total. The van der Waals surface area contributed by atoms with Crippen LogP contribution in [0.25, 0.3) is 10.9 Å². The molecule has 9 nitrogen and oxygen atoms in total. The SMILES string of the molecule is COCCNC(=O)NC(=O)CSc1nc2cc(Cl)ccc2c(=O)n1CCOC. The number of amides is 3. The van der Waals surface area contributed by atoms with Gasteiger partial charge < -0.3 is 14.8 Å². The summed E-state index contributed by atoms with van der Waals surface area (Å²) in [4.78, 5) is 40.8. The molecule has 152 valence electrons. The Morgan fingerprint density at radius 3 is 2.71 bits per heavy atom. The van der Waals surface area contributed by atoms with E-state index in [2.05, 4.69) is 15.6 Å². The molecular formula is C17H21ClN4O5S. The number of nitrogens with one attached hydrogen (secondary N) is 2. The number of benzene rings is 1. The molecule has 3 amide bonds. The van der Waals surface area contributed by atoms with Gasteiger partial charge in [-0.25, -0.2) is 9.78 Å². The summed E-state index contributed by atoms with van der Waals surface area (Å²) in [7, 11) is 3.04. The maximum absolute atomic E-state index is 12.8. The third kappa shape index (κ3) is 6.20. The number of urea groups is 1. The highest BCUT2D eigenvalue weighted by molar-refractivity contribution is 7.99. The van der Waals surface area contributed by atoms with E-state index in [4.69, 9.17) is 21.1 Å². The molecule has 0 saturated carbocycles. The number of nitrogens with zero attached hydrogens (tertiary/aromatic N) is 2. The average molecular weight is 429 g/mol. The fourth-order valence-corrected chi connectivity index (χ4v) is 3.26. The number of imide groups is 1. The van der Waals surface area contributed by atoms with E-state index in [0.29, 0.717) is 34.3 Å². The van der Waals surface area contributed by atoms with Gasteiger partial charge in [0.05, 0.1) is 36.4 Å². The van der Waals surface area contributed by atoms with Crippen molar-refractivity contribution in [2.24, 2.45) is 0 Å². The quantitative estimate of drug-likeness (QED) is 0.351. The summed E-state index contributed by atoms with van der Waals surface area (Å²) in [5, 5.41) is 5.91. The van der Waals surface area contributed by atoms with E-state index in [-0.39, 0.29) is 24.4 Å². The van der Waals surface area contributed by atoms with E-state index in [1.807, 2.05) is 0 Å². The Morgan fingerprint density at radius 1 is 1.25 bits per heavy atom. The maximum atomic E-state index is 12.8. The third-order valence-electron chi connectivity index (χ3n) is 3.58. The minimum absolute atomic E-state index is 0.0941. The first-order valence-electron chi connectivity index (χ1n) is 8.34. The van der Waals surface area contributed by atoms with Crippen LogP contribution in [0.4, 0.5) is 4.79 Å². The molecule has 0 aliphatic rings. The van der Waals surface area contributed by atoms with E-state index in [0.717, 1.165) is 11.8 Å². The van der Waals surface area contributed by atoms with Crippen LogP contribution in [0.1, 0.15) is 0 Å². The van der Waals surface area contributed by atoms with Gasteiger partial charge in [-0.1, -0.05) is 23.4 Å². The number of aromatic nitrogens is 2. The number of carbonyl (C=O) groups excluding carboxylic acids is 2. The smallest absolute Gasteiger partial charge is 0.321 e. The molecule has 0 radical (unpaired) electrons. The molecule has 11 heteroatoms. The second-order valence-corrected chi connectivity index (χ2v) is 6.97.